The number of benzene rings is 1. The molecule has 2 aliphatic rings. The number of phenols is 1. The lowest BCUT2D eigenvalue weighted by Gasteiger charge is -2.45. The summed E-state index contributed by atoms with van der Waals surface area (Å²) in [5.41, 5.74) is -0.340. The van der Waals surface area contributed by atoms with Crippen molar-refractivity contribution in [3.8, 4) is 5.75 Å². The Labute approximate surface area is 197 Å². The fourth-order valence-corrected chi connectivity index (χ4v) is 5.62. The first kappa shape index (κ1) is 25.3. The minimum absolute atomic E-state index is 0.0652. The van der Waals surface area contributed by atoms with Gasteiger partial charge in [0.15, 0.2) is 0 Å². The number of esters is 2. The van der Waals surface area contributed by atoms with E-state index in [1.165, 1.54) is 24.3 Å². The zero-order chi connectivity index (χ0) is 24.6. The van der Waals surface area contributed by atoms with Crippen molar-refractivity contribution in [1.82, 2.24) is 0 Å². The maximum Gasteiger partial charge on any atom is 0.338 e. The van der Waals surface area contributed by atoms with Crippen molar-refractivity contribution in [2.45, 2.75) is 85.0 Å². The van der Waals surface area contributed by atoms with E-state index in [0.29, 0.717) is 31.2 Å². The van der Waals surface area contributed by atoms with Crippen LogP contribution >= 0.6 is 0 Å². The van der Waals surface area contributed by atoms with Gasteiger partial charge in [-0.3, -0.25) is 4.79 Å². The number of aromatic hydroxyl groups is 1. The quantitative estimate of drug-likeness (QED) is 0.459. The molecule has 0 radical (unpaired) electrons. The summed E-state index contributed by atoms with van der Waals surface area (Å²) in [5.74, 6) is -0.960. The van der Waals surface area contributed by atoms with E-state index in [-0.39, 0.29) is 23.6 Å². The number of hydrogen-bond donors (Lipinski definition) is 2. The molecule has 2 aliphatic carbocycles. The molecule has 33 heavy (non-hydrogen) atoms. The third-order valence-corrected chi connectivity index (χ3v) is 7.49. The molecule has 0 saturated heterocycles. The molecule has 2 N–H and O–H groups in total. The Kier molecular flexibility index (Phi) is 7.27. The molecule has 1 saturated carbocycles. The molecule has 0 amide bonds. The van der Waals surface area contributed by atoms with Crippen LogP contribution in [0.4, 0.5) is 0 Å². The first-order valence-corrected chi connectivity index (χ1v) is 12.0. The lowest BCUT2D eigenvalue weighted by atomic mass is 9.66. The predicted molar refractivity (Wildman–Crippen MR) is 126 cm³/mol. The zero-order valence-corrected chi connectivity index (χ0v) is 20.6. The molecule has 1 aromatic rings. The van der Waals surface area contributed by atoms with Crippen molar-refractivity contribution in [2.75, 3.05) is 0 Å². The van der Waals surface area contributed by atoms with E-state index in [0.717, 1.165) is 5.57 Å². The molecule has 0 spiro atoms. The first-order valence-electron chi connectivity index (χ1n) is 12.0. The first-order chi connectivity index (χ1) is 15.4. The van der Waals surface area contributed by atoms with Gasteiger partial charge >= 0.3 is 11.9 Å². The van der Waals surface area contributed by atoms with Crippen LogP contribution in [0.25, 0.3) is 0 Å². The average molecular weight is 459 g/mol. The van der Waals surface area contributed by atoms with Gasteiger partial charge in [0.25, 0.3) is 0 Å². The highest BCUT2D eigenvalue weighted by Gasteiger charge is 2.63. The third kappa shape index (κ3) is 5.11. The fourth-order valence-electron chi connectivity index (χ4n) is 5.62. The summed E-state index contributed by atoms with van der Waals surface area (Å²) in [4.78, 5) is 25.6. The molecule has 6 nitrogen and oxygen atoms in total. The largest absolute Gasteiger partial charge is 0.508 e. The Bertz CT molecular complexity index is 902. The maximum absolute atomic E-state index is 13.0. The van der Waals surface area contributed by atoms with Gasteiger partial charge in [0.05, 0.1) is 11.2 Å². The minimum Gasteiger partial charge on any atom is -0.508 e. The van der Waals surface area contributed by atoms with Gasteiger partial charge in [-0.1, -0.05) is 40.2 Å². The van der Waals surface area contributed by atoms with Gasteiger partial charge in [-0.25, -0.2) is 4.79 Å². The highest BCUT2D eigenvalue weighted by atomic mass is 16.6. The Morgan fingerprint density at radius 1 is 1.09 bits per heavy atom. The van der Waals surface area contributed by atoms with Crippen LogP contribution < -0.4 is 0 Å². The lowest BCUT2D eigenvalue weighted by Crippen LogP contribution is -2.53. The van der Waals surface area contributed by atoms with E-state index in [2.05, 4.69) is 0 Å². The Balaban J connectivity index is 1.97. The van der Waals surface area contributed by atoms with Gasteiger partial charge in [0.1, 0.15) is 18.0 Å². The molecule has 0 unspecified atom stereocenters. The average Bonchev–Trinajstić information content (AvgIpc) is 2.94. The van der Waals surface area contributed by atoms with Gasteiger partial charge in [-0.15, -0.1) is 0 Å². The van der Waals surface area contributed by atoms with E-state index in [1.807, 2.05) is 47.6 Å². The molecular formula is C27H38O6. The van der Waals surface area contributed by atoms with Gasteiger partial charge in [-0.2, -0.15) is 0 Å². The molecule has 5 atom stereocenters. The Morgan fingerprint density at radius 3 is 2.30 bits per heavy atom. The van der Waals surface area contributed by atoms with E-state index in [9.17, 15) is 19.8 Å². The van der Waals surface area contributed by atoms with Crippen LogP contribution in [0.15, 0.2) is 35.9 Å². The van der Waals surface area contributed by atoms with E-state index in [1.54, 1.807) is 0 Å². The van der Waals surface area contributed by atoms with Crippen molar-refractivity contribution in [1.29, 1.82) is 0 Å². The smallest absolute Gasteiger partial charge is 0.338 e. The van der Waals surface area contributed by atoms with Crippen LogP contribution in [-0.2, 0) is 14.3 Å². The lowest BCUT2D eigenvalue weighted by molar-refractivity contribution is -0.164. The number of carbonyl (C=O) groups is 2. The van der Waals surface area contributed by atoms with E-state index < -0.39 is 35.1 Å². The molecular weight excluding hydrogens is 420 g/mol. The second-order valence-electron chi connectivity index (χ2n) is 10.8. The molecule has 6 heteroatoms. The summed E-state index contributed by atoms with van der Waals surface area (Å²) >= 11 is 0. The summed E-state index contributed by atoms with van der Waals surface area (Å²) in [5, 5.41) is 21.4. The number of carbonyl (C=O) groups excluding carboxylic acids is 2. The number of rotatable bonds is 6. The zero-order valence-electron chi connectivity index (χ0n) is 20.6. The van der Waals surface area contributed by atoms with Gasteiger partial charge in [0, 0.05) is 24.2 Å². The highest BCUT2D eigenvalue weighted by Crippen LogP contribution is 2.58. The summed E-state index contributed by atoms with van der Waals surface area (Å²) in [7, 11) is 0. The second kappa shape index (κ2) is 9.49. The molecule has 182 valence electrons. The number of hydrogen-bond acceptors (Lipinski definition) is 6. The molecule has 0 aromatic heterocycles. The summed E-state index contributed by atoms with van der Waals surface area (Å²) < 4.78 is 12.0. The molecule has 0 heterocycles. The summed E-state index contributed by atoms with van der Waals surface area (Å²) in [6.07, 6.45) is 2.89. The predicted octanol–water partition coefficient (Wildman–Crippen LogP) is 5.03. The van der Waals surface area contributed by atoms with Crippen LogP contribution in [0.1, 0.15) is 77.6 Å². The van der Waals surface area contributed by atoms with Crippen LogP contribution in [-0.4, -0.2) is 40.0 Å². The van der Waals surface area contributed by atoms with Crippen LogP contribution in [0.5, 0.6) is 5.75 Å². The van der Waals surface area contributed by atoms with Crippen molar-refractivity contribution < 1.29 is 29.3 Å². The van der Waals surface area contributed by atoms with Gasteiger partial charge < -0.3 is 19.7 Å². The summed E-state index contributed by atoms with van der Waals surface area (Å²) in [6.45, 7) is 11.9. The number of fused-ring (bicyclic) bond motifs is 1. The Morgan fingerprint density at radius 2 is 1.73 bits per heavy atom. The third-order valence-electron chi connectivity index (χ3n) is 7.49. The molecule has 0 aliphatic heterocycles. The highest BCUT2D eigenvalue weighted by molar-refractivity contribution is 5.89. The minimum atomic E-state index is -1.06. The van der Waals surface area contributed by atoms with Crippen molar-refractivity contribution >= 4 is 11.9 Å². The monoisotopic (exact) mass is 458 g/mol. The molecule has 0 bridgehead atoms. The number of aliphatic hydroxyl groups is 1. The molecule has 1 fully saturated rings. The fraction of sp³-hybridized carbons (Fsp3) is 0.630. The molecule has 1 aromatic carbocycles. The SMILES string of the molecule is CC1=C[C@@H](OC(=O)CC(C)C)[C@@]2(C)CC[C@](O)(C(C)C)[C@@H]2[C@H](OC(=O)c2ccc(O)cc2)C1. The normalized spacial score (nSPS) is 31.7. The summed E-state index contributed by atoms with van der Waals surface area (Å²) in [6, 6.07) is 5.94. The maximum atomic E-state index is 13.0. The molecule has 3 rings (SSSR count). The van der Waals surface area contributed by atoms with Crippen molar-refractivity contribution in [3.05, 3.63) is 41.5 Å². The topological polar surface area (TPSA) is 93.1 Å². The van der Waals surface area contributed by atoms with E-state index in [4.69, 9.17) is 9.47 Å². The van der Waals surface area contributed by atoms with Crippen LogP contribution in [0.3, 0.4) is 0 Å². The van der Waals surface area contributed by atoms with Gasteiger partial charge in [-0.05, 0) is 61.9 Å². The van der Waals surface area contributed by atoms with Crippen LogP contribution in [0, 0.1) is 23.2 Å². The number of ether oxygens (including phenoxy) is 2. The van der Waals surface area contributed by atoms with Crippen LogP contribution in [0.2, 0.25) is 0 Å². The van der Waals surface area contributed by atoms with Gasteiger partial charge in [0.2, 0.25) is 0 Å². The standard InChI is InChI=1S/C27H38O6/c1-16(2)13-23(29)33-22-15-18(5)14-21(32-25(30)19-7-9-20(28)10-8-19)24-26(22,6)11-12-27(24,31)17(3)4/h7-10,15-17,21-22,24,28,31H,11-14H2,1-6H3/t21-,22-,24-,26-,27+/m1/s1. The Hall–Kier alpha value is -2.34. The van der Waals surface area contributed by atoms with E-state index >= 15 is 0 Å². The van der Waals surface area contributed by atoms with Crippen molar-refractivity contribution in [3.63, 3.8) is 0 Å². The van der Waals surface area contributed by atoms with Crippen molar-refractivity contribution in [2.24, 2.45) is 23.2 Å². The second-order valence-corrected chi connectivity index (χ2v) is 10.8. The number of phenolic OH excluding ortho intramolecular Hbond substituents is 1.